The van der Waals surface area contributed by atoms with Crippen LogP contribution in [-0.4, -0.2) is 51.3 Å². The number of piperidine rings is 1. The summed E-state index contributed by atoms with van der Waals surface area (Å²) >= 11 is 6.29. The number of carbonyl (C=O) groups is 1. The Morgan fingerprint density at radius 2 is 1.76 bits per heavy atom. The van der Waals surface area contributed by atoms with Crippen molar-refractivity contribution in [2.45, 2.75) is 86.0 Å². The number of carboxylic acids is 1. The number of aromatic nitrogens is 3. The fourth-order valence-electron chi connectivity index (χ4n) is 7.41. The van der Waals surface area contributed by atoms with Gasteiger partial charge in [-0.3, -0.25) is 4.98 Å². The molecule has 49 heavy (non-hydrogen) atoms. The van der Waals surface area contributed by atoms with E-state index >= 15 is 0 Å². The zero-order chi connectivity index (χ0) is 34.8. The van der Waals surface area contributed by atoms with Gasteiger partial charge < -0.3 is 24.1 Å². The van der Waals surface area contributed by atoms with Gasteiger partial charge in [0.1, 0.15) is 17.4 Å². The van der Waals surface area contributed by atoms with E-state index < -0.39 is 17.7 Å². The number of aliphatic carboxylic acids is 1. The van der Waals surface area contributed by atoms with E-state index in [1.54, 1.807) is 6.33 Å². The highest BCUT2D eigenvalue weighted by molar-refractivity contribution is 6.31. The molecule has 0 unspecified atom stereocenters. The molecule has 0 aliphatic carbocycles. The summed E-state index contributed by atoms with van der Waals surface area (Å²) in [5.41, 5.74) is 9.34. The van der Waals surface area contributed by atoms with E-state index in [2.05, 4.69) is 51.8 Å². The number of carboxylic acid groups (broad SMARTS) is 1. The molecule has 5 heterocycles. The normalized spacial score (nSPS) is 17.1. The molecule has 9 nitrogen and oxygen atoms in total. The van der Waals surface area contributed by atoms with Crippen LogP contribution in [0.25, 0.3) is 33.2 Å². The van der Waals surface area contributed by atoms with Crippen LogP contribution >= 0.6 is 11.6 Å². The van der Waals surface area contributed by atoms with Crippen molar-refractivity contribution < 1.29 is 19.1 Å². The second-order valence-corrected chi connectivity index (χ2v) is 15.7. The number of benzene rings is 2. The van der Waals surface area contributed by atoms with Crippen molar-refractivity contribution in [1.29, 1.82) is 0 Å². The van der Waals surface area contributed by atoms with E-state index in [0.29, 0.717) is 28.4 Å². The first-order chi connectivity index (χ1) is 23.2. The van der Waals surface area contributed by atoms with Gasteiger partial charge in [0.2, 0.25) is 0 Å². The smallest absolute Gasteiger partial charge is 0.337 e. The van der Waals surface area contributed by atoms with Crippen molar-refractivity contribution in [1.82, 2.24) is 15.0 Å². The molecule has 10 heteroatoms. The number of hydrogen-bond acceptors (Lipinski definition) is 8. The Morgan fingerprint density at radius 1 is 1.00 bits per heavy atom. The molecule has 0 saturated carbocycles. The van der Waals surface area contributed by atoms with E-state index in [-0.39, 0.29) is 5.41 Å². The van der Waals surface area contributed by atoms with Crippen LogP contribution in [0.3, 0.4) is 0 Å². The van der Waals surface area contributed by atoms with Crippen LogP contribution in [-0.2, 0) is 22.5 Å². The molecule has 3 aromatic heterocycles. The first-order valence-electron chi connectivity index (χ1n) is 17.1. The van der Waals surface area contributed by atoms with Crippen molar-refractivity contribution in [3.63, 3.8) is 0 Å². The maximum absolute atomic E-state index is 12.9. The fraction of sp³-hybridized carbons (Fsp3) is 0.436. The predicted molar refractivity (Wildman–Crippen MR) is 195 cm³/mol. The molecule has 5 aromatic rings. The van der Waals surface area contributed by atoms with E-state index in [0.717, 1.165) is 83.7 Å². The number of ether oxygens (including phenoxy) is 1. The SMILES string of the molecule is Cc1nc(C)c([C@H](OC(C)(C)C)C(=O)O)c(N2CCC(C)(C)CC2)c1-c1ccc2c(c1)CCN(c1ncnc3c1oc1ccc(Cl)cc13)C2. The van der Waals surface area contributed by atoms with Crippen molar-refractivity contribution in [3.05, 3.63) is 75.8 Å². The number of anilines is 2. The Hall–Kier alpha value is -4.21. The summed E-state index contributed by atoms with van der Waals surface area (Å²) in [6.45, 7) is 17.3. The predicted octanol–water partition coefficient (Wildman–Crippen LogP) is 8.84. The Labute approximate surface area is 292 Å². The largest absolute Gasteiger partial charge is 0.479 e. The van der Waals surface area contributed by atoms with Crippen LogP contribution in [0.15, 0.2) is 47.1 Å². The number of aryl methyl sites for hydroxylation is 2. The minimum Gasteiger partial charge on any atom is -0.479 e. The average molecular weight is 682 g/mol. The average Bonchev–Trinajstić information content (AvgIpc) is 3.41. The summed E-state index contributed by atoms with van der Waals surface area (Å²) in [5, 5.41) is 12.1. The third-order valence-electron chi connectivity index (χ3n) is 9.97. The van der Waals surface area contributed by atoms with Crippen LogP contribution in [0, 0.1) is 19.3 Å². The van der Waals surface area contributed by atoms with Gasteiger partial charge in [-0.15, -0.1) is 0 Å². The third kappa shape index (κ3) is 6.34. The van der Waals surface area contributed by atoms with E-state index in [1.807, 2.05) is 52.8 Å². The summed E-state index contributed by atoms with van der Waals surface area (Å²) in [6.07, 6.45) is 3.28. The second-order valence-electron chi connectivity index (χ2n) is 15.3. The zero-order valence-corrected chi connectivity index (χ0v) is 30.1. The minimum absolute atomic E-state index is 0.227. The van der Waals surface area contributed by atoms with E-state index in [4.69, 9.17) is 25.7 Å². The monoisotopic (exact) mass is 681 g/mol. The molecule has 256 valence electrons. The van der Waals surface area contributed by atoms with Gasteiger partial charge in [-0.2, -0.15) is 0 Å². The molecule has 1 saturated heterocycles. The van der Waals surface area contributed by atoms with Gasteiger partial charge in [0.15, 0.2) is 17.5 Å². The maximum atomic E-state index is 12.9. The quantitative estimate of drug-likeness (QED) is 0.188. The second kappa shape index (κ2) is 12.3. The zero-order valence-electron chi connectivity index (χ0n) is 29.4. The molecule has 0 spiro atoms. The molecule has 0 radical (unpaired) electrons. The summed E-state index contributed by atoms with van der Waals surface area (Å²) in [6, 6.07) is 12.2. The Kier molecular flexibility index (Phi) is 8.35. The van der Waals surface area contributed by atoms with Crippen LogP contribution in [0.1, 0.15) is 81.6 Å². The molecular formula is C39H44ClN5O4. The number of furan rings is 1. The number of hydrogen-bond donors (Lipinski definition) is 1. The highest BCUT2D eigenvalue weighted by atomic mass is 35.5. The lowest BCUT2D eigenvalue weighted by atomic mass is 9.81. The number of nitrogens with zero attached hydrogens (tertiary/aromatic N) is 5. The molecule has 1 fully saturated rings. The highest BCUT2D eigenvalue weighted by Crippen LogP contribution is 2.45. The van der Waals surface area contributed by atoms with Crippen molar-refractivity contribution in [2.75, 3.05) is 29.4 Å². The van der Waals surface area contributed by atoms with Crippen LogP contribution in [0.4, 0.5) is 11.5 Å². The van der Waals surface area contributed by atoms with Crippen molar-refractivity contribution >= 4 is 51.1 Å². The molecule has 2 aromatic carbocycles. The standard InChI is InChI=1S/C39H44ClN5O4/c1-22-30(33(44-16-13-39(6,7)14-17-44)31(23(2)43-22)34(37(46)47)49-38(3,4)5)25-8-9-26-20-45(15-12-24(26)18-25)36-35-32(41-21-42-36)28-19-27(40)10-11-29(28)48-35/h8-11,18-19,21,34H,12-17,20H2,1-7H3,(H,46,47)/t34-/m0/s1. The van der Waals surface area contributed by atoms with Gasteiger partial charge in [0, 0.05) is 59.1 Å². The van der Waals surface area contributed by atoms with Gasteiger partial charge >= 0.3 is 5.97 Å². The topological polar surface area (TPSA) is 105 Å². The molecule has 1 atom stereocenters. The summed E-state index contributed by atoms with van der Waals surface area (Å²) in [4.78, 5) is 31.7. The third-order valence-corrected chi connectivity index (χ3v) is 10.2. The van der Waals surface area contributed by atoms with Crippen molar-refractivity contribution in [2.24, 2.45) is 5.41 Å². The number of rotatable bonds is 6. The molecule has 2 aliphatic heterocycles. The molecule has 7 rings (SSSR count). The lowest BCUT2D eigenvalue weighted by Gasteiger charge is -2.41. The Morgan fingerprint density at radius 3 is 2.47 bits per heavy atom. The molecule has 2 aliphatic rings. The molecule has 0 bridgehead atoms. The van der Waals surface area contributed by atoms with Gasteiger partial charge in [-0.1, -0.05) is 43.6 Å². The van der Waals surface area contributed by atoms with E-state index in [1.165, 1.54) is 11.1 Å². The fourth-order valence-corrected chi connectivity index (χ4v) is 7.58. The Balaban J connectivity index is 1.30. The molecule has 1 N–H and O–H groups in total. The summed E-state index contributed by atoms with van der Waals surface area (Å²) in [5.74, 6) is -0.241. The number of pyridine rings is 1. The number of halogens is 1. The van der Waals surface area contributed by atoms with Gasteiger partial charge in [0.25, 0.3) is 0 Å². The van der Waals surface area contributed by atoms with Crippen LogP contribution < -0.4 is 9.80 Å². The van der Waals surface area contributed by atoms with Gasteiger partial charge in [-0.05, 0) is 94.2 Å². The minimum atomic E-state index is -1.15. The van der Waals surface area contributed by atoms with Gasteiger partial charge in [0.05, 0.1) is 11.3 Å². The lowest BCUT2D eigenvalue weighted by molar-refractivity contribution is -0.160. The first kappa shape index (κ1) is 33.3. The first-order valence-corrected chi connectivity index (χ1v) is 17.4. The van der Waals surface area contributed by atoms with Crippen LogP contribution in [0.5, 0.6) is 0 Å². The maximum Gasteiger partial charge on any atom is 0.337 e. The highest BCUT2D eigenvalue weighted by Gasteiger charge is 2.37. The lowest BCUT2D eigenvalue weighted by Crippen LogP contribution is -2.39. The summed E-state index contributed by atoms with van der Waals surface area (Å²) in [7, 11) is 0. The van der Waals surface area contributed by atoms with Crippen LogP contribution in [0.2, 0.25) is 5.02 Å². The van der Waals surface area contributed by atoms with Gasteiger partial charge in [-0.25, -0.2) is 14.8 Å². The Bertz CT molecular complexity index is 2090. The van der Waals surface area contributed by atoms with Crippen molar-refractivity contribution in [3.8, 4) is 11.1 Å². The molecule has 0 amide bonds. The van der Waals surface area contributed by atoms with E-state index in [9.17, 15) is 9.90 Å². The summed E-state index contributed by atoms with van der Waals surface area (Å²) < 4.78 is 12.5. The number of fused-ring (bicyclic) bond motifs is 4. The molecular weight excluding hydrogens is 638 g/mol.